The van der Waals surface area contributed by atoms with Crippen molar-refractivity contribution in [2.24, 2.45) is 0 Å². The van der Waals surface area contributed by atoms with Gasteiger partial charge in [0.2, 0.25) is 5.91 Å². The van der Waals surface area contributed by atoms with E-state index < -0.39 is 0 Å². The largest absolute Gasteiger partial charge is 0.339 e. The molecule has 1 aliphatic carbocycles. The van der Waals surface area contributed by atoms with Crippen LogP contribution in [-0.2, 0) is 4.79 Å². The summed E-state index contributed by atoms with van der Waals surface area (Å²) in [4.78, 5) is 34.6. The Kier molecular flexibility index (Phi) is 6.16. The maximum atomic E-state index is 12.6. The lowest BCUT2D eigenvalue weighted by atomic mass is 9.91. The van der Waals surface area contributed by atoms with Gasteiger partial charge in [0, 0.05) is 58.4 Å². The highest BCUT2D eigenvalue weighted by Crippen LogP contribution is 2.26. The molecule has 3 fully saturated rings. The SMILES string of the molecule is O=C(CN1CCN(C(=O)c2ccc(Br)s2)CC1)N1CCN(C2CCC2)CC1. The van der Waals surface area contributed by atoms with Crippen LogP contribution in [0, 0.1) is 0 Å². The fourth-order valence-corrected chi connectivity index (χ4v) is 5.43. The fourth-order valence-electron chi connectivity index (χ4n) is 4.07. The molecule has 1 aromatic rings. The van der Waals surface area contributed by atoms with Crippen LogP contribution in [0.5, 0.6) is 0 Å². The van der Waals surface area contributed by atoms with Gasteiger partial charge < -0.3 is 9.80 Å². The Morgan fingerprint density at radius 1 is 0.963 bits per heavy atom. The summed E-state index contributed by atoms with van der Waals surface area (Å²) in [6, 6.07) is 4.56. The normalized spacial score (nSPS) is 22.7. The molecule has 2 amide bonds. The first-order valence-electron chi connectivity index (χ1n) is 9.89. The Bertz CT molecular complexity index is 677. The van der Waals surface area contributed by atoms with Crippen LogP contribution >= 0.6 is 27.3 Å². The first-order chi connectivity index (χ1) is 13.1. The maximum Gasteiger partial charge on any atom is 0.264 e. The summed E-state index contributed by atoms with van der Waals surface area (Å²) < 4.78 is 0.979. The standard InChI is InChI=1S/C19H27BrN4O2S/c20-17-5-4-16(27-17)19(26)24-8-6-21(7-9-24)14-18(25)23-12-10-22(11-13-23)15-2-1-3-15/h4-5,15H,1-3,6-14H2. The van der Waals surface area contributed by atoms with Crippen molar-refractivity contribution in [2.45, 2.75) is 25.3 Å². The Labute approximate surface area is 173 Å². The minimum atomic E-state index is 0.101. The molecule has 8 heteroatoms. The molecule has 0 N–H and O–H groups in total. The number of thiophene rings is 1. The molecule has 3 heterocycles. The highest BCUT2D eigenvalue weighted by Gasteiger charge is 2.30. The van der Waals surface area contributed by atoms with Crippen LogP contribution in [0.15, 0.2) is 15.9 Å². The van der Waals surface area contributed by atoms with Gasteiger partial charge in [-0.25, -0.2) is 0 Å². The van der Waals surface area contributed by atoms with Gasteiger partial charge in [0.1, 0.15) is 0 Å². The van der Waals surface area contributed by atoms with Crippen molar-refractivity contribution in [1.82, 2.24) is 19.6 Å². The summed E-state index contributed by atoms with van der Waals surface area (Å²) in [5, 5.41) is 0. The Hall–Kier alpha value is -0.960. The van der Waals surface area contributed by atoms with Gasteiger partial charge in [-0.2, -0.15) is 0 Å². The van der Waals surface area contributed by atoms with Gasteiger partial charge in [-0.05, 0) is 40.9 Å². The van der Waals surface area contributed by atoms with Gasteiger partial charge in [0.05, 0.1) is 15.2 Å². The Morgan fingerprint density at radius 3 is 2.19 bits per heavy atom. The average molecular weight is 455 g/mol. The molecule has 2 saturated heterocycles. The number of carbonyl (C=O) groups is 2. The third kappa shape index (κ3) is 4.55. The third-order valence-corrected chi connectivity index (χ3v) is 7.67. The molecule has 148 valence electrons. The quantitative estimate of drug-likeness (QED) is 0.697. The molecular weight excluding hydrogens is 428 g/mol. The number of rotatable bonds is 4. The van der Waals surface area contributed by atoms with Gasteiger partial charge in [-0.3, -0.25) is 19.4 Å². The highest BCUT2D eigenvalue weighted by atomic mass is 79.9. The zero-order valence-corrected chi connectivity index (χ0v) is 18.0. The van der Waals surface area contributed by atoms with Crippen molar-refractivity contribution in [3.05, 3.63) is 20.8 Å². The number of halogens is 1. The van der Waals surface area contributed by atoms with E-state index in [4.69, 9.17) is 0 Å². The first kappa shape index (κ1) is 19.4. The molecule has 1 saturated carbocycles. The third-order valence-electron chi connectivity index (χ3n) is 6.06. The average Bonchev–Trinajstić information content (AvgIpc) is 3.07. The number of carbonyl (C=O) groups excluding carboxylic acids is 2. The lowest BCUT2D eigenvalue weighted by molar-refractivity contribution is -0.135. The van der Waals surface area contributed by atoms with Gasteiger partial charge in [0.25, 0.3) is 5.91 Å². The molecule has 0 atom stereocenters. The molecule has 2 aliphatic heterocycles. The molecular formula is C19H27BrN4O2S. The van der Waals surface area contributed by atoms with E-state index in [2.05, 4.69) is 25.7 Å². The zero-order valence-electron chi connectivity index (χ0n) is 15.6. The molecule has 0 radical (unpaired) electrons. The minimum Gasteiger partial charge on any atom is -0.339 e. The highest BCUT2D eigenvalue weighted by molar-refractivity contribution is 9.11. The number of piperazine rings is 2. The molecule has 0 unspecified atom stereocenters. The van der Waals surface area contributed by atoms with Crippen LogP contribution < -0.4 is 0 Å². The van der Waals surface area contributed by atoms with E-state index in [0.29, 0.717) is 19.6 Å². The van der Waals surface area contributed by atoms with Crippen molar-refractivity contribution in [1.29, 1.82) is 0 Å². The van der Waals surface area contributed by atoms with E-state index >= 15 is 0 Å². The molecule has 0 aromatic carbocycles. The van der Waals surface area contributed by atoms with Crippen LogP contribution in [0.25, 0.3) is 0 Å². The van der Waals surface area contributed by atoms with Crippen LogP contribution in [0.2, 0.25) is 0 Å². The van der Waals surface area contributed by atoms with E-state index in [9.17, 15) is 9.59 Å². The maximum absolute atomic E-state index is 12.6. The number of nitrogens with zero attached hydrogens (tertiary/aromatic N) is 4. The molecule has 3 aliphatic rings. The summed E-state index contributed by atoms with van der Waals surface area (Å²) in [5.74, 6) is 0.342. The molecule has 0 spiro atoms. The summed E-state index contributed by atoms with van der Waals surface area (Å²) in [6.45, 7) is 7.18. The molecule has 6 nitrogen and oxygen atoms in total. The Balaban J connectivity index is 1.20. The summed E-state index contributed by atoms with van der Waals surface area (Å²) in [6.07, 6.45) is 4.03. The summed E-state index contributed by atoms with van der Waals surface area (Å²) >= 11 is 4.89. The van der Waals surface area contributed by atoms with E-state index in [-0.39, 0.29) is 11.8 Å². The lowest BCUT2D eigenvalue weighted by Crippen LogP contribution is -2.56. The van der Waals surface area contributed by atoms with Gasteiger partial charge in [-0.15, -0.1) is 11.3 Å². The van der Waals surface area contributed by atoms with Gasteiger partial charge in [0.15, 0.2) is 0 Å². The number of amides is 2. The second-order valence-corrected chi connectivity index (χ2v) is 10.1. The Morgan fingerprint density at radius 2 is 1.63 bits per heavy atom. The molecule has 0 bridgehead atoms. The van der Waals surface area contributed by atoms with Crippen molar-refractivity contribution in [3.8, 4) is 0 Å². The van der Waals surface area contributed by atoms with Crippen molar-refractivity contribution in [3.63, 3.8) is 0 Å². The second kappa shape index (κ2) is 8.59. The molecule has 1 aromatic heterocycles. The second-order valence-electron chi connectivity index (χ2n) is 7.67. The van der Waals surface area contributed by atoms with E-state index in [1.54, 1.807) is 0 Å². The minimum absolute atomic E-state index is 0.101. The van der Waals surface area contributed by atoms with Crippen molar-refractivity contribution >= 4 is 39.1 Å². The van der Waals surface area contributed by atoms with Crippen LogP contribution in [0.1, 0.15) is 28.9 Å². The molecule has 4 rings (SSSR count). The van der Waals surface area contributed by atoms with E-state index in [1.807, 2.05) is 21.9 Å². The van der Waals surface area contributed by atoms with E-state index in [1.165, 1.54) is 30.6 Å². The predicted molar refractivity (Wildman–Crippen MR) is 110 cm³/mol. The van der Waals surface area contributed by atoms with Gasteiger partial charge in [-0.1, -0.05) is 6.42 Å². The number of hydrogen-bond acceptors (Lipinski definition) is 5. The lowest BCUT2D eigenvalue weighted by Gasteiger charge is -2.43. The fraction of sp³-hybridized carbons (Fsp3) is 0.684. The summed E-state index contributed by atoms with van der Waals surface area (Å²) in [7, 11) is 0. The van der Waals surface area contributed by atoms with Gasteiger partial charge >= 0.3 is 0 Å². The number of hydrogen-bond donors (Lipinski definition) is 0. The smallest absolute Gasteiger partial charge is 0.264 e. The monoisotopic (exact) mass is 454 g/mol. The van der Waals surface area contributed by atoms with E-state index in [0.717, 1.165) is 54.0 Å². The molecule has 27 heavy (non-hydrogen) atoms. The van der Waals surface area contributed by atoms with Crippen molar-refractivity contribution < 1.29 is 9.59 Å². The van der Waals surface area contributed by atoms with Crippen LogP contribution in [0.3, 0.4) is 0 Å². The first-order valence-corrected chi connectivity index (χ1v) is 11.5. The van der Waals surface area contributed by atoms with Crippen LogP contribution in [-0.4, -0.2) is 96.4 Å². The zero-order chi connectivity index (χ0) is 18.8. The summed E-state index contributed by atoms with van der Waals surface area (Å²) in [5.41, 5.74) is 0. The van der Waals surface area contributed by atoms with Crippen LogP contribution in [0.4, 0.5) is 0 Å². The predicted octanol–water partition coefficient (Wildman–Crippen LogP) is 1.97. The van der Waals surface area contributed by atoms with Crippen molar-refractivity contribution in [2.75, 3.05) is 58.9 Å². The topological polar surface area (TPSA) is 47.1 Å².